The number of rotatable bonds is 5. The third kappa shape index (κ3) is 4.67. The molecule has 1 N–H and O–H groups in total. The smallest absolute Gasteiger partial charge is 0.233 e. The van der Waals surface area contributed by atoms with Crippen LogP contribution in [0, 0.1) is 5.92 Å². The van der Waals surface area contributed by atoms with Gasteiger partial charge in [-0.15, -0.1) is 11.6 Å². The molecule has 0 saturated carbocycles. The minimum atomic E-state index is -3.55. The normalized spacial score (nSPS) is 13.4. The summed E-state index contributed by atoms with van der Waals surface area (Å²) in [4.78, 5) is 0. The molecule has 0 aliphatic carbocycles. The molecule has 0 aliphatic rings. The van der Waals surface area contributed by atoms with Gasteiger partial charge in [0, 0.05) is 10.9 Å². The molecule has 1 aromatic rings. The Morgan fingerprint density at radius 1 is 1.22 bits per heavy atom. The van der Waals surface area contributed by atoms with Crippen LogP contribution in [0.1, 0.15) is 6.92 Å². The summed E-state index contributed by atoms with van der Waals surface area (Å²) in [6, 6.07) is 2.83. The van der Waals surface area contributed by atoms with Crippen molar-refractivity contribution >= 4 is 62.1 Å². The van der Waals surface area contributed by atoms with Crippen LogP contribution in [0.4, 0.5) is 5.69 Å². The van der Waals surface area contributed by atoms with Gasteiger partial charge in [-0.25, -0.2) is 8.42 Å². The Morgan fingerprint density at radius 3 is 2.17 bits per heavy atom. The van der Waals surface area contributed by atoms with Crippen LogP contribution in [0.2, 0.25) is 15.1 Å². The van der Waals surface area contributed by atoms with Gasteiger partial charge < -0.3 is 0 Å². The third-order valence-electron chi connectivity index (χ3n) is 2.03. The standard InChI is InChI=1S/C10H11Cl4NO2S/c1-6(4-11)5-18(16,17)15-10-8(13)2-7(12)3-9(10)14/h2-3,6,15H,4-5H2,1H3. The number of hydrogen-bond donors (Lipinski definition) is 1. The second kappa shape index (κ2) is 6.53. The van der Waals surface area contributed by atoms with Crippen LogP contribution in [0.5, 0.6) is 0 Å². The van der Waals surface area contributed by atoms with Gasteiger partial charge in [0.1, 0.15) is 0 Å². The first-order valence-corrected chi connectivity index (χ1v) is 8.28. The summed E-state index contributed by atoms with van der Waals surface area (Å²) in [5, 5.41) is 0.631. The summed E-state index contributed by atoms with van der Waals surface area (Å²) in [6.45, 7) is 1.73. The molecule has 0 amide bonds. The van der Waals surface area contributed by atoms with Gasteiger partial charge in [-0.1, -0.05) is 41.7 Å². The molecule has 0 spiro atoms. The topological polar surface area (TPSA) is 46.2 Å². The van der Waals surface area contributed by atoms with E-state index in [1.807, 2.05) is 0 Å². The fourth-order valence-corrected chi connectivity index (χ4v) is 4.00. The van der Waals surface area contributed by atoms with Gasteiger partial charge >= 0.3 is 0 Å². The van der Waals surface area contributed by atoms with E-state index >= 15 is 0 Å². The van der Waals surface area contributed by atoms with E-state index in [4.69, 9.17) is 46.4 Å². The van der Waals surface area contributed by atoms with Gasteiger partial charge in [0.2, 0.25) is 10.0 Å². The molecule has 18 heavy (non-hydrogen) atoms. The van der Waals surface area contributed by atoms with Crippen molar-refractivity contribution in [1.82, 2.24) is 0 Å². The van der Waals surface area contributed by atoms with Gasteiger partial charge in [0.15, 0.2) is 0 Å². The number of nitrogens with one attached hydrogen (secondary N) is 1. The lowest BCUT2D eigenvalue weighted by molar-refractivity contribution is 0.588. The highest BCUT2D eigenvalue weighted by molar-refractivity contribution is 7.92. The van der Waals surface area contributed by atoms with Crippen molar-refractivity contribution in [2.75, 3.05) is 16.4 Å². The first kappa shape index (κ1) is 16.2. The van der Waals surface area contributed by atoms with Gasteiger partial charge in [0.25, 0.3) is 0 Å². The average Bonchev–Trinajstić information content (AvgIpc) is 2.22. The maximum atomic E-state index is 11.8. The quantitative estimate of drug-likeness (QED) is 0.806. The third-order valence-corrected chi connectivity index (χ3v) is 4.90. The van der Waals surface area contributed by atoms with Crippen molar-refractivity contribution in [3.05, 3.63) is 27.2 Å². The highest BCUT2D eigenvalue weighted by atomic mass is 35.5. The Hall–Kier alpha value is 0.130. The highest BCUT2D eigenvalue weighted by Crippen LogP contribution is 2.34. The van der Waals surface area contributed by atoms with Crippen LogP contribution in [0.15, 0.2) is 12.1 Å². The molecule has 1 atom stereocenters. The van der Waals surface area contributed by atoms with E-state index in [0.29, 0.717) is 5.02 Å². The molecular formula is C10H11Cl4NO2S. The number of sulfonamides is 1. The first-order valence-electron chi connectivity index (χ1n) is 4.96. The maximum absolute atomic E-state index is 11.8. The lowest BCUT2D eigenvalue weighted by Crippen LogP contribution is -2.22. The van der Waals surface area contributed by atoms with Gasteiger partial charge in [0.05, 0.1) is 21.5 Å². The maximum Gasteiger partial charge on any atom is 0.233 e. The van der Waals surface area contributed by atoms with E-state index in [1.165, 1.54) is 12.1 Å². The van der Waals surface area contributed by atoms with E-state index in [1.54, 1.807) is 6.92 Å². The Morgan fingerprint density at radius 2 is 1.72 bits per heavy atom. The molecule has 102 valence electrons. The zero-order valence-electron chi connectivity index (χ0n) is 9.38. The predicted octanol–water partition coefficient (Wildman–Crippen LogP) is 4.26. The lowest BCUT2D eigenvalue weighted by atomic mass is 10.3. The molecule has 8 heteroatoms. The highest BCUT2D eigenvalue weighted by Gasteiger charge is 2.18. The SMILES string of the molecule is CC(CCl)CS(=O)(=O)Nc1c(Cl)cc(Cl)cc1Cl. The van der Waals surface area contributed by atoms with Crippen LogP contribution in [-0.2, 0) is 10.0 Å². The van der Waals surface area contributed by atoms with Crippen molar-refractivity contribution in [2.24, 2.45) is 5.92 Å². The number of hydrogen-bond acceptors (Lipinski definition) is 2. The average molecular weight is 351 g/mol. The molecule has 0 aromatic heterocycles. The van der Waals surface area contributed by atoms with Crippen molar-refractivity contribution in [1.29, 1.82) is 0 Å². The summed E-state index contributed by atoms with van der Waals surface area (Å²) in [6.07, 6.45) is 0. The molecule has 0 aliphatic heterocycles. The minimum Gasteiger partial charge on any atom is -0.281 e. The fraction of sp³-hybridized carbons (Fsp3) is 0.400. The second-order valence-corrected chi connectivity index (χ2v) is 7.21. The summed E-state index contributed by atoms with van der Waals surface area (Å²) in [7, 11) is -3.55. The van der Waals surface area contributed by atoms with Crippen LogP contribution < -0.4 is 4.72 Å². The van der Waals surface area contributed by atoms with E-state index in [2.05, 4.69) is 4.72 Å². The Bertz CT molecular complexity index is 510. The van der Waals surface area contributed by atoms with Gasteiger partial charge in [-0.3, -0.25) is 4.72 Å². The molecule has 1 aromatic carbocycles. The van der Waals surface area contributed by atoms with Crippen molar-refractivity contribution in [2.45, 2.75) is 6.92 Å². The van der Waals surface area contributed by atoms with Gasteiger partial charge in [-0.2, -0.15) is 0 Å². The van der Waals surface area contributed by atoms with E-state index in [9.17, 15) is 8.42 Å². The predicted molar refractivity (Wildman–Crippen MR) is 78.8 cm³/mol. The number of alkyl halides is 1. The van der Waals surface area contributed by atoms with E-state index in [-0.39, 0.29) is 33.3 Å². The van der Waals surface area contributed by atoms with E-state index < -0.39 is 10.0 Å². The Balaban J connectivity index is 2.98. The molecule has 1 rings (SSSR count). The fourth-order valence-electron chi connectivity index (χ4n) is 1.26. The molecule has 0 saturated heterocycles. The van der Waals surface area contributed by atoms with Crippen molar-refractivity contribution in [3.63, 3.8) is 0 Å². The Labute approximate surface area is 126 Å². The van der Waals surface area contributed by atoms with Crippen LogP contribution >= 0.6 is 46.4 Å². The summed E-state index contributed by atoms with van der Waals surface area (Å²) in [5.74, 6) is -0.0246. The summed E-state index contributed by atoms with van der Waals surface area (Å²) >= 11 is 23.1. The number of halogens is 4. The monoisotopic (exact) mass is 349 g/mol. The van der Waals surface area contributed by atoms with Crippen LogP contribution in [0.3, 0.4) is 0 Å². The molecule has 1 unspecified atom stereocenters. The molecule has 0 radical (unpaired) electrons. The van der Waals surface area contributed by atoms with E-state index in [0.717, 1.165) is 0 Å². The largest absolute Gasteiger partial charge is 0.281 e. The number of benzene rings is 1. The van der Waals surface area contributed by atoms with Crippen molar-refractivity contribution < 1.29 is 8.42 Å². The second-order valence-electron chi connectivity index (χ2n) is 3.89. The molecule has 3 nitrogen and oxygen atoms in total. The molecule has 0 heterocycles. The first-order chi connectivity index (χ1) is 8.25. The van der Waals surface area contributed by atoms with Crippen LogP contribution in [-0.4, -0.2) is 20.1 Å². The molecular weight excluding hydrogens is 340 g/mol. The van der Waals surface area contributed by atoms with Crippen molar-refractivity contribution in [3.8, 4) is 0 Å². The molecule has 0 fully saturated rings. The zero-order chi connectivity index (χ0) is 13.9. The molecule has 0 bridgehead atoms. The minimum absolute atomic E-state index is 0.105. The lowest BCUT2D eigenvalue weighted by Gasteiger charge is -2.13. The summed E-state index contributed by atoms with van der Waals surface area (Å²) in [5.41, 5.74) is 0.129. The Kier molecular flexibility index (Phi) is 5.87. The summed E-state index contributed by atoms with van der Waals surface area (Å²) < 4.78 is 26.0. The van der Waals surface area contributed by atoms with Gasteiger partial charge in [-0.05, 0) is 18.1 Å². The zero-order valence-corrected chi connectivity index (χ0v) is 13.2. The number of anilines is 1. The van der Waals surface area contributed by atoms with Crippen LogP contribution in [0.25, 0.3) is 0 Å².